The Morgan fingerprint density at radius 3 is 2.54 bits per heavy atom. The molecule has 3 aliphatic rings. The van der Waals surface area contributed by atoms with Gasteiger partial charge in [0.2, 0.25) is 0 Å². The van der Waals surface area contributed by atoms with E-state index in [0.29, 0.717) is 25.2 Å². The lowest BCUT2D eigenvalue weighted by Gasteiger charge is -2.42. The zero-order valence-electron chi connectivity index (χ0n) is 7.61. The number of aliphatic hydroxyl groups is 3. The van der Waals surface area contributed by atoms with Crippen LogP contribution in [0.25, 0.3) is 0 Å². The highest BCUT2D eigenvalue weighted by Crippen LogP contribution is 2.63. The Kier molecular flexibility index (Phi) is 1.33. The molecule has 3 aliphatic carbocycles. The van der Waals surface area contributed by atoms with E-state index in [2.05, 4.69) is 0 Å². The van der Waals surface area contributed by atoms with Crippen molar-refractivity contribution >= 4 is 0 Å². The quantitative estimate of drug-likeness (QED) is 0.498. The molecule has 13 heavy (non-hydrogen) atoms. The van der Waals surface area contributed by atoms with Crippen LogP contribution in [0.3, 0.4) is 0 Å². The first-order valence-electron chi connectivity index (χ1n) is 5.21. The van der Waals surface area contributed by atoms with Crippen molar-refractivity contribution in [3.63, 3.8) is 0 Å². The van der Waals surface area contributed by atoms with E-state index >= 15 is 0 Å². The Hall–Kier alpha value is -0.120. The Labute approximate surface area is 77.4 Å². The molecule has 5 atom stereocenters. The molecular formula is C10H16O3. The van der Waals surface area contributed by atoms with Crippen LogP contribution in [-0.2, 0) is 0 Å². The Bertz CT molecular complexity index is 255. The first kappa shape index (κ1) is 8.21. The van der Waals surface area contributed by atoms with Crippen molar-refractivity contribution in [2.45, 2.75) is 49.4 Å². The summed E-state index contributed by atoms with van der Waals surface area (Å²) in [5, 5.41) is 30.3. The molecule has 3 nitrogen and oxygen atoms in total. The highest BCUT2D eigenvalue weighted by molar-refractivity contribution is 5.22. The molecule has 0 aromatic carbocycles. The van der Waals surface area contributed by atoms with E-state index in [0.717, 1.165) is 12.8 Å². The number of fused-ring (bicyclic) bond motifs is 5. The van der Waals surface area contributed by atoms with Crippen molar-refractivity contribution in [2.75, 3.05) is 0 Å². The molecule has 0 aromatic heterocycles. The lowest BCUT2D eigenvalue weighted by molar-refractivity contribution is -0.193. The second kappa shape index (κ2) is 2.10. The van der Waals surface area contributed by atoms with Gasteiger partial charge < -0.3 is 15.3 Å². The van der Waals surface area contributed by atoms with Crippen LogP contribution in [0.4, 0.5) is 0 Å². The van der Waals surface area contributed by atoms with E-state index in [-0.39, 0.29) is 5.92 Å². The number of aliphatic hydroxyl groups excluding tert-OH is 1. The topological polar surface area (TPSA) is 60.7 Å². The van der Waals surface area contributed by atoms with Gasteiger partial charge in [0.25, 0.3) is 0 Å². The molecule has 0 aliphatic heterocycles. The summed E-state index contributed by atoms with van der Waals surface area (Å²) in [5.41, 5.74) is -2.14. The lowest BCUT2D eigenvalue weighted by atomic mass is 9.74. The van der Waals surface area contributed by atoms with Crippen LogP contribution in [0.2, 0.25) is 0 Å². The van der Waals surface area contributed by atoms with E-state index in [9.17, 15) is 15.3 Å². The molecule has 3 N–H and O–H groups in total. The third kappa shape index (κ3) is 0.694. The fraction of sp³-hybridized carbons (Fsp3) is 1.00. The van der Waals surface area contributed by atoms with Gasteiger partial charge in [-0.05, 0) is 43.9 Å². The van der Waals surface area contributed by atoms with Crippen LogP contribution in [0.5, 0.6) is 0 Å². The standard InChI is InChI=1S/C10H16O3/c11-8-2-1-7-6-3-4-9(12,5-6)10(7,8)13/h6-8,11-13H,1-5H2. The predicted molar refractivity (Wildman–Crippen MR) is 46.0 cm³/mol. The van der Waals surface area contributed by atoms with Gasteiger partial charge in [-0.25, -0.2) is 0 Å². The SMILES string of the molecule is OC1CCC2C3CCC(O)(C3)C12O. The van der Waals surface area contributed by atoms with Gasteiger partial charge in [0, 0.05) is 0 Å². The molecule has 3 fully saturated rings. The maximum atomic E-state index is 10.3. The molecule has 0 aromatic rings. The van der Waals surface area contributed by atoms with Crippen molar-refractivity contribution in [3.8, 4) is 0 Å². The summed E-state index contributed by atoms with van der Waals surface area (Å²) in [5.74, 6) is 0.605. The highest BCUT2D eigenvalue weighted by Gasteiger charge is 2.70. The molecule has 0 amide bonds. The molecule has 2 bridgehead atoms. The molecule has 0 spiro atoms. The summed E-state index contributed by atoms with van der Waals surface area (Å²) in [7, 11) is 0. The minimum atomic E-state index is -1.17. The predicted octanol–water partition coefficient (Wildman–Crippen LogP) is 0.0332. The van der Waals surface area contributed by atoms with Gasteiger partial charge in [-0.15, -0.1) is 0 Å². The van der Waals surface area contributed by atoms with Crippen LogP contribution in [-0.4, -0.2) is 32.6 Å². The summed E-state index contributed by atoms with van der Waals surface area (Å²) >= 11 is 0. The molecule has 74 valence electrons. The largest absolute Gasteiger partial charge is 0.390 e. The van der Waals surface area contributed by atoms with E-state index in [1.54, 1.807) is 0 Å². The Balaban J connectivity index is 2.08. The molecule has 3 heteroatoms. The lowest BCUT2D eigenvalue weighted by Crippen LogP contribution is -2.58. The maximum absolute atomic E-state index is 10.3. The zero-order valence-corrected chi connectivity index (χ0v) is 7.61. The zero-order chi connectivity index (χ0) is 9.27. The van der Waals surface area contributed by atoms with Crippen LogP contribution >= 0.6 is 0 Å². The number of hydrogen-bond donors (Lipinski definition) is 3. The fourth-order valence-electron chi connectivity index (χ4n) is 4.04. The summed E-state index contributed by atoms with van der Waals surface area (Å²) in [6.45, 7) is 0. The minimum absolute atomic E-state index is 0.154. The third-order valence-electron chi connectivity index (χ3n) is 4.67. The van der Waals surface area contributed by atoms with Gasteiger partial charge in [-0.1, -0.05) is 0 Å². The smallest absolute Gasteiger partial charge is 0.122 e. The van der Waals surface area contributed by atoms with Crippen molar-refractivity contribution in [1.82, 2.24) is 0 Å². The van der Waals surface area contributed by atoms with Gasteiger partial charge in [0.15, 0.2) is 0 Å². The number of rotatable bonds is 0. The van der Waals surface area contributed by atoms with Gasteiger partial charge in [0.05, 0.1) is 11.7 Å². The minimum Gasteiger partial charge on any atom is -0.390 e. The highest BCUT2D eigenvalue weighted by atomic mass is 16.4. The van der Waals surface area contributed by atoms with Crippen LogP contribution in [0.15, 0.2) is 0 Å². The molecule has 3 saturated carbocycles. The summed E-state index contributed by atoms with van der Waals surface area (Å²) in [6, 6.07) is 0. The molecule has 3 rings (SSSR count). The first-order valence-corrected chi connectivity index (χ1v) is 5.21. The van der Waals surface area contributed by atoms with E-state index in [4.69, 9.17) is 0 Å². The molecule has 0 radical (unpaired) electrons. The van der Waals surface area contributed by atoms with Gasteiger partial charge in [0.1, 0.15) is 5.60 Å². The third-order valence-corrected chi connectivity index (χ3v) is 4.67. The normalized spacial score (nSPS) is 64.4. The molecular weight excluding hydrogens is 168 g/mol. The van der Waals surface area contributed by atoms with E-state index in [1.807, 2.05) is 0 Å². The average molecular weight is 184 g/mol. The number of hydrogen-bond acceptors (Lipinski definition) is 3. The van der Waals surface area contributed by atoms with E-state index in [1.165, 1.54) is 0 Å². The average Bonchev–Trinajstić information content (AvgIpc) is 2.64. The van der Waals surface area contributed by atoms with Crippen LogP contribution in [0, 0.1) is 11.8 Å². The van der Waals surface area contributed by atoms with Crippen LogP contribution < -0.4 is 0 Å². The van der Waals surface area contributed by atoms with Crippen molar-refractivity contribution in [2.24, 2.45) is 11.8 Å². The molecule has 5 unspecified atom stereocenters. The van der Waals surface area contributed by atoms with Gasteiger partial charge in [-0.3, -0.25) is 0 Å². The molecule has 0 heterocycles. The van der Waals surface area contributed by atoms with Crippen molar-refractivity contribution in [3.05, 3.63) is 0 Å². The van der Waals surface area contributed by atoms with Crippen molar-refractivity contribution in [1.29, 1.82) is 0 Å². The molecule has 0 saturated heterocycles. The maximum Gasteiger partial charge on any atom is 0.122 e. The summed E-state index contributed by atoms with van der Waals surface area (Å²) in [6.07, 6.45) is 3.22. The van der Waals surface area contributed by atoms with Crippen molar-refractivity contribution < 1.29 is 15.3 Å². The second-order valence-corrected chi connectivity index (χ2v) is 5.06. The van der Waals surface area contributed by atoms with E-state index < -0.39 is 17.3 Å². The second-order valence-electron chi connectivity index (χ2n) is 5.06. The van der Waals surface area contributed by atoms with Gasteiger partial charge >= 0.3 is 0 Å². The summed E-state index contributed by atoms with van der Waals surface area (Å²) < 4.78 is 0. The monoisotopic (exact) mass is 184 g/mol. The fourth-order valence-corrected chi connectivity index (χ4v) is 4.04. The Morgan fingerprint density at radius 1 is 1.08 bits per heavy atom. The van der Waals surface area contributed by atoms with Gasteiger partial charge in [-0.2, -0.15) is 0 Å². The first-order chi connectivity index (χ1) is 6.08. The van der Waals surface area contributed by atoms with Crippen LogP contribution in [0.1, 0.15) is 32.1 Å². The Morgan fingerprint density at radius 2 is 1.85 bits per heavy atom. The summed E-state index contributed by atoms with van der Waals surface area (Å²) in [4.78, 5) is 0.